The standard InChI is InChI=1S/C31H34ClN5O3/c1-19-5-3-7-23(28(19)32)22-6-4-8-25(24(22)17-33)35-30(38)29-34-26-18-37(16-14-27(26)36(29)2)15-13-20-9-11-21(12-10-20)31(39)40/h3-8,20-21H,9-16,18H2,1-2H3,(H,35,38)(H,39,40). The SMILES string of the molecule is Cc1cccc(-c2cccc(NC(=O)c3nc4c(n3C)CCN(CCC3CCC(C(=O)O)CC3)C4)c2C#N)c1Cl. The van der Waals surface area contributed by atoms with Crippen LogP contribution in [0.2, 0.25) is 5.02 Å². The predicted octanol–water partition coefficient (Wildman–Crippen LogP) is 5.81. The molecule has 1 fully saturated rings. The zero-order valence-corrected chi connectivity index (χ0v) is 23.7. The molecule has 8 nitrogen and oxygen atoms in total. The smallest absolute Gasteiger partial charge is 0.306 e. The summed E-state index contributed by atoms with van der Waals surface area (Å²) in [4.78, 5) is 31.7. The molecule has 5 rings (SSSR count). The summed E-state index contributed by atoms with van der Waals surface area (Å²) in [6, 6.07) is 13.3. The minimum Gasteiger partial charge on any atom is -0.481 e. The van der Waals surface area contributed by atoms with Crippen LogP contribution in [-0.2, 0) is 24.8 Å². The molecule has 0 saturated heterocycles. The number of nitrogens with one attached hydrogen (secondary N) is 1. The number of hydrogen-bond donors (Lipinski definition) is 2. The Morgan fingerprint density at radius 3 is 2.60 bits per heavy atom. The molecule has 0 spiro atoms. The highest BCUT2D eigenvalue weighted by molar-refractivity contribution is 6.34. The molecule has 0 radical (unpaired) electrons. The van der Waals surface area contributed by atoms with E-state index in [1.165, 1.54) is 0 Å². The van der Waals surface area contributed by atoms with E-state index in [1.54, 1.807) is 12.1 Å². The number of carbonyl (C=O) groups excluding carboxylic acids is 1. The van der Waals surface area contributed by atoms with Gasteiger partial charge >= 0.3 is 5.97 Å². The molecule has 40 heavy (non-hydrogen) atoms. The van der Waals surface area contributed by atoms with Crippen molar-refractivity contribution in [2.45, 2.75) is 52.0 Å². The third kappa shape index (κ3) is 5.63. The van der Waals surface area contributed by atoms with Crippen molar-refractivity contribution in [1.82, 2.24) is 14.5 Å². The molecule has 1 aliphatic carbocycles. The number of halogens is 1. The molecule has 2 aliphatic rings. The van der Waals surface area contributed by atoms with Crippen molar-refractivity contribution in [3.63, 3.8) is 0 Å². The van der Waals surface area contributed by atoms with Crippen LogP contribution >= 0.6 is 11.6 Å². The number of aliphatic carboxylic acids is 1. The van der Waals surface area contributed by atoms with Crippen molar-refractivity contribution in [2.75, 3.05) is 18.4 Å². The Bertz CT molecular complexity index is 1480. The highest BCUT2D eigenvalue weighted by Crippen LogP contribution is 2.35. The summed E-state index contributed by atoms with van der Waals surface area (Å²) in [6.45, 7) is 4.45. The highest BCUT2D eigenvalue weighted by Gasteiger charge is 2.29. The molecule has 1 aromatic heterocycles. The maximum atomic E-state index is 13.4. The molecule has 9 heteroatoms. The van der Waals surface area contributed by atoms with Crippen molar-refractivity contribution in [1.29, 1.82) is 5.26 Å². The second-order valence-corrected chi connectivity index (χ2v) is 11.4. The summed E-state index contributed by atoms with van der Waals surface area (Å²) in [7, 11) is 1.87. The van der Waals surface area contributed by atoms with E-state index in [0.717, 1.165) is 74.1 Å². The van der Waals surface area contributed by atoms with Gasteiger partial charge in [-0.3, -0.25) is 14.5 Å². The number of anilines is 1. The van der Waals surface area contributed by atoms with E-state index in [9.17, 15) is 20.0 Å². The fourth-order valence-corrected chi connectivity index (χ4v) is 6.30. The number of aromatic nitrogens is 2. The maximum Gasteiger partial charge on any atom is 0.306 e. The van der Waals surface area contributed by atoms with Gasteiger partial charge in [0.25, 0.3) is 5.91 Å². The normalized spacial score (nSPS) is 19.1. The first-order chi connectivity index (χ1) is 19.3. The van der Waals surface area contributed by atoms with E-state index >= 15 is 0 Å². The van der Waals surface area contributed by atoms with Gasteiger partial charge in [-0.15, -0.1) is 0 Å². The lowest BCUT2D eigenvalue weighted by Gasteiger charge is -2.30. The molecule has 0 atom stereocenters. The Labute approximate surface area is 239 Å². The van der Waals surface area contributed by atoms with E-state index < -0.39 is 5.97 Å². The van der Waals surface area contributed by atoms with Gasteiger partial charge in [0.15, 0.2) is 5.82 Å². The summed E-state index contributed by atoms with van der Waals surface area (Å²) in [6.07, 6.45) is 5.37. The van der Waals surface area contributed by atoms with Crippen molar-refractivity contribution >= 4 is 29.2 Å². The lowest BCUT2D eigenvalue weighted by molar-refractivity contribution is -0.143. The quantitative estimate of drug-likeness (QED) is 0.378. The number of nitrogens with zero attached hydrogens (tertiary/aromatic N) is 4. The van der Waals surface area contributed by atoms with Crippen LogP contribution in [0, 0.1) is 30.1 Å². The third-order valence-electron chi connectivity index (χ3n) is 8.49. The molecule has 2 aromatic carbocycles. The summed E-state index contributed by atoms with van der Waals surface area (Å²) in [5.41, 5.74) is 5.07. The lowest BCUT2D eigenvalue weighted by Crippen LogP contribution is -2.33. The zero-order chi connectivity index (χ0) is 28.4. The summed E-state index contributed by atoms with van der Waals surface area (Å²) in [5.74, 6) is -0.311. The zero-order valence-electron chi connectivity index (χ0n) is 22.9. The van der Waals surface area contributed by atoms with Crippen molar-refractivity contribution in [3.8, 4) is 17.2 Å². The average molecular weight is 560 g/mol. The predicted molar refractivity (Wildman–Crippen MR) is 154 cm³/mol. The van der Waals surface area contributed by atoms with Crippen molar-refractivity contribution < 1.29 is 14.7 Å². The Hall–Kier alpha value is -3.67. The first-order valence-corrected chi connectivity index (χ1v) is 14.2. The number of hydrogen-bond acceptors (Lipinski definition) is 5. The average Bonchev–Trinajstić information content (AvgIpc) is 3.29. The first-order valence-electron chi connectivity index (χ1n) is 13.9. The molecule has 208 valence electrons. The second-order valence-electron chi connectivity index (χ2n) is 11.0. The van der Waals surface area contributed by atoms with Crippen LogP contribution in [0.3, 0.4) is 0 Å². The molecule has 1 aliphatic heterocycles. The number of aryl methyl sites for hydroxylation is 1. The number of nitriles is 1. The van der Waals surface area contributed by atoms with Crippen LogP contribution in [0.15, 0.2) is 36.4 Å². The molecular formula is C31H34ClN5O3. The van der Waals surface area contributed by atoms with Crippen LogP contribution in [0.1, 0.15) is 65.2 Å². The molecule has 1 saturated carbocycles. The Morgan fingerprint density at radius 2 is 1.88 bits per heavy atom. The molecule has 2 N–H and O–H groups in total. The molecule has 3 aromatic rings. The van der Waals surface area contributed by atoms with E-state index in [4.69, 9.17) is 16.6 Å². The van der Waals surface area contributed by atoms with Crippen LogP contribution in [-0.4, -0.2) is 44.5 Å². The monoisotopic (exact) mass is 559 g/mol. The van der Waals surface area contributed by atoms with Gasteiger partial charge in [0.05, 0.1) is 27.9 Å². The maximum absolute atomic E-state index is 13.4. The first kappa shape index (κ1) is 27.9. The van der Waals surface area contributed by atoms with Crippen LogP contribution in [0.4, 0.5) is 5.69 Å². The number of carbonyl (C=O) groups is 2. The minimum atomic E-state index is -0.663. The lowest BCUT2D eigenvalue weighted by atomic mass is 9.80. The summed E-state index contributed by atoms with van der Waals surface area (Å²) in [5, 5.41) is 22.7. The fourth-order valence-electron chi connectivity index (χ4n) is 6.07. The van der Waals surface area contributed by atoms with Crippen LogP contribution in [0.5, 0.6) is 0 Å². The van der Waals surface area contributed by atoms with Gasteiger partial charge in [-0.1, -0.05) is 41.9 Å². The van der Waals surface area contributed by atoms with E-state index in [2.05, 4.69) is 16.3 Å². The van der Waals surface area contributed by atoms with Gasteiger partial charge in [-0.25, -0.2) is 4.98 Å². The van der Waals surface area contributed by atoms with E-state index in [1.807, 2.05) is 42.8 Å². The highest BCUT2D eigenvalue weighted by atomic mass is 35.5. The van der Waals surface area contributed by atoms with Crippen molar-refractivity contribution in [2.24, 2.45) is 18.9 Å². The van der Waals surface area contributed by atoms with Crippen LogP contribution < -0.4 is 5.32 Å². The topological polar surface area (TPSA) is 111 Å². The number of benzene rings is 2. The van der Waals surface area contributed by atoms with Gasteiger partial charge < -0.3 is 15.0 Å². The molecular weight excluding hydrogens is 526 g/mol. The minimum absolute atomic E-state index is 0.182. The van der Waals surface area contributed by atoms with Crippen molar-refractivity contribution in [3.05, 3.63) is 69.8 Å². The summed E-state index contributed by atoms with van der Waals surface area (Å²) >= 11 is 6.55. The van der Waals surface area contributed by atoms with Gasteiger partial charge in [-0.05, 0) is 63.1 Å². The van der Waals surface area contributed by atoms with Gasteiger partial charge in [0.1, 0.15) is 6.07 Å². The van der Waals surface area contributed by atoms with Gasteiger partial charge in [-0.2, -0.15) is 5.26 Å². The molecule has 0 unspecified atom stereocenters. The number of carboxylic acid groups (broad SMARTS) is 1. The van der Waals surface area contributed by atoms with Gasteiger partial charge in [0, 0.05) is 43.4 Å². The number of fused-ring (bicyclic) bond motifs is 1. The Balaban J connectivity index is 1.27. The third-order valence-corrected chi connectivity index (χ3v) is 9.00. The largest absolute Gasteiger partial charge is 0.481 e. The summed E-state index contributed by atoms with van der Waals surface area (Å²) < 4.78 is 1.86. The Kier molecular flexibility index (Phi) is 8.24. The number of carboxylic acids is 1. The van der Waals surface area contributed by atoms with E-state index in [-0.39, 0.29) is 11.8 Å². The number of imidazole rings is 1. The fraction of sp³-hybridized carbons (Fsp3) is 0.419. The number of amides is 1. The molecule has 0 bridgehead atoms. The molecule has 2 heterocycles. The Morgan fingerprint density at radius 1 is 1.15 bits per heavy atom. The molecule has 1 amide bonds. The van der Waals surface area contributed by atoms with Crippen LogP contribution in [0.25, 0.3) is 11.1 Å². The number of rotatable bonds is 7. The van der Waals surface area contributed by atoms with Gasteiger partial charge in [0.2, 0.25) is 0 Å². The second kappa shape index (κ2) is 11.8. The van der Waals surface area contributed by atoms with E-state index in [0.29, 0.717) is 40.1 Å².